The van der Waals surface area contributed by atoms with Gasteiger partial charge in [-0.15, -0.1) is 0 Å². The van der Waals surface area contributed by atoms with Crippen molar-refractivity contribution in [3.8, 4) is 17.2 Å². The van der Waals surface area contributed by atoms with E-state index in [4.69, 9.17) is 9.47 Å². The van der Waals surface area contributed by atoms with Crippen molar-refractivity contribution in [2.24, 2.45) is 11.8 Å². The van der Waals surface area contributed by atoms with Gasteiger partial charge in [0.1, 0.15) is 17.2 Å². The van der Waals surface area contributed by atoms with Gasteiger partial charge in [0.15, 0.2) is 5.78 Å². The molecule has 0 aliphatic rings. The number of rotatable bonds is 18. The van der Waals surface area contributed by atoms with Crippen LogP contribution in [0.15, 0.2) is 109 Å². The third-order valence-corrected chi connectivity index (χ3v) is 8.06. The van der Waals surface area contributed by atoms with Crippen LogP contribution in [0, 0.1) is 18.8 Å². The highest BCUT2D eigenvalue weighted by atomic mass is 16.5. The first kappa shape index (κ1) is 34.5. The normalized spacial score (nSPS) is 13.1. The molecule has 0 fully saturated rings. The van der Waals surface area contributed by atoms with Gasteiger partial charge in [0.05, 0.1) is 25.2 Å². The van der Waals surface area contributed by atoms with E-state index in [1.165, 1.54) is 0 Å². The molecule has 0 aliphatic heterocycles. The molecule has 0 radical (unpaired) electrons. The molecule has 0 saturated heterocycles. The third kappa shape index (κ3) is 11.8. The summed E-state index contributed by atoms with van der Waals surface area (Å²) in [5, 5.41) is 14.7. The Morgan fingerprint density at radius 1 is 0.783 bits per heavy atom. The van der Waals surface area contributed by atoms with Gasteiger partial charge in [-0.25, -0.2) is 0 Å². The van der Waals surface area contributed by atoms with E-state index in [0.29, 0.717) is 48.0 Å². The molecule has 242 valence electrons. The molecule has 0 bridgehead atoms. The van der Waals surface area contributed by atoms with Crippen LogP contribution in [0.4, 0.5) is 0 Å². The largest absolute Gasteiger partial charge is 0.493 e. The summed E-state index contributed by atoms with van der Waals surface area (Å²) in [5.41, 5.74) is 2.75. The molecule has 4 aromatic carbocycles. The molecule has 46 heavy (non-hydrogen) atoms. The van der Waals surface area contributed by atoms with Gasteiger partial charge in [-0.2, -0.15) is 0 Å². The maximum atomic E-state index is 13.6. The van der Waals surface area contributed by atoms with Crippen LogP contribution in [0.3, 0.4) is 0 Å². The van der Waals surface area contributed by atoms with Gasteiger partial charge in [0, 0.05) is 12.0 Å². The van der Waals surface area contributed by atoms with Gasteiger partial charge < -0.3 is 19.9 Å². The van der Waals surface area contributed by atoms with E-state index in [0.717, 1.165) is 24.0 Å². The summed E-state index contributed by atoms with van der Waals surface area (Å²) in [6.07, 6.45) is 2.26. The quantitative estimate of drug-likeness (QED) is 0.109. The first-order valence-electron chi connectivity index (χ1n) is 16.3. The zero-order chi connectivity index (χ0) is 32.7. The Kier molecular flexibility index (Phi) is 13.4. The SMILES string of the molecule is Cc1ccc(OCCC(=O)N[C@@H](Cc2ccccc2)[C@@H](O)C[C@H](CCC(C)C)CC(=O)c2cccc(Oc3ccccc3)c2)cc1. The molecule has 0 aliphatic carbocycles. The highest BCUT2D eigenvalue weighted by Gasteiger charge is 2.27. The number of nitrogens with one attached hydrogen (secondary N) is 1. The van der Waals surface area contributed by atoms with Crippen LogP contribution >= 0.6 is 0 Å². The van der Waals surface area contributed by atoms with Crippen LogP contribution in [0.2, 0.25) is 0 Å². The smallest absolute Gasteiger partial charge is 0.223 e. The monoisotopic (exact) mass is 621 g/mol. The first-order valence-corrected chi connectivity index (χ1v) is 16.3. The Labute approximate surface area is 273 Å². The summed E-state index contributed by atoms with van der Waals surface area (Å²) in [6, 6.07) is 33.8. The van der Waals surface area contributed by atoms with Gasteiger partial charge in [0.25, 0.3) is 0 Å². The molecule has 2 N–H and O–H groups in total. The van der Waals surface area contributed by atoms with Crippen molar-refractivity contribution in [3.05, 3.63) is 126 Å². The van der Waals surface area contributed by atoms with Crippen molar-refractivity contribution in [2.45, 2.75) is 71.4 Å². The van der Waals surface area contributed by atoms with Crippen LogP contribution in [-0.4, -0.2) is 35.5 Å². The fraction of sp³-hybridized carbons (Fsp3) is 0.350. The minimum absolute atomic E-state index is 0.0105. The third-order valence-electron chi connectivity index (χ3n) is 8.06. The number of aliphatic hydroxyl groups excluding tert-OH is 1. The predicted octanol–water partition coefficient (Wildman–Crippen LogP) is 8.36. The second kappa shape index (κ2) is 17.9. The Morgan fingerprint density at radius 2 is 1.46 bits per heavy atom. The fourth-order valence-electron chi connectivity index (χ4n) is 5.44. The van der Waals surface area contributed by atoms with Gasteiger partial charge in [-0.3, -0.25) is 9.59 Å². The lowest BCUT2D eigenvalue weighted by molar-refractivity contribution is -0.123. The maximum absolute atomic E-state index is 13.6. The molecule has 6 nitrogen and oxygen atoms in total. The molecule has 0 aromatic heterocycles. The summed E-state index contributed by atoms with van der Waals surface area (Å²) in [6.45, 7) is 6.58. The second-order valence-electron chi connectivity index (χ2n) is 12.5. The minimum Gasteiger partial charge on any atom is -0.493 e. The molecular weight excluding hydrogens is 574 g/mol. The van der Waals surface area contributed by atoms with Crippen molar-refractivity contribution in [1.82, 2.24) is 5.32 Å². The van der Waals surface area contributed by atoms with Gasteiger partial charge >= 0.3 is 0 Å². The van der Waals surface area contributed by atoms with Gasteiger partial charge in [-0.1, -0.05) is 98.6 Å². The number of ketones is 1. The van der Waals surface area contributed by atoms with Crippen LogP contribution in [0.5, 0.6) is 17.2 Å². The number of hydrogen-bond donors (Lipinski definition) is 2. The molecule has 0 heterocycles. The Balaban J connectivity index is 1.42. The molecule has 6 heteroatoms. The Hall–Kier alpha value is -4.42. The number of para-hydroxylation sites is 1. The van der Waals surface area contributed by atoms with E-state index in [1.807, 2.05) is 110 Å². The predicted molar refractivity (Wildman–Crippen MR) is 183 cm³/mol. The van der Waals surface area contributed by atoms with E-state index < -0.39 is 12.1 Å². The van der Waals surface area contributed by atoms with Crippen LogP contribution < -0.4 is 14.8 Å². The number of aryl methyl sites for hydroxylation is 1. The van der Waals surface area contributed by atoms with Crippen molar-refractivity contribution in [3.63, 3.8) is 0 Å². The standard InChI is InChI=1S/C40H47NO5/c1-29(2)17-20-32(26-38(42)33-13-10-16-36(28-33)46-35-14-8-5-9-15-35)27-39(43)37(25-31-11-6-4-7-12-31)41-40(44)23-24-45-34-21-18-30(3)19-22-34/h4-16,18-19,21-22,28-29,32,37,39,43H,17,20,23-27H2,1-3H3,(H,41,44)/t32-,37+,39+/m1/s1. The molecule has 1 amide bonds. The maximum Gasteiger partial charge on any atom is 0.223 e. The summed E-state index contributed by atoms with van der Waals surface area (Å²) in [7, 11) is 0. The average molecular weight is 622 g/mol. The molecule has 0 saturated carbocycles. The zero-order valence-electron chi connectivity index (χ0n) is 27.2. The molecule has 3 atom stereocenters. The van der Waals surface area contributed by atoms with E-state index >= 15 is 0 Å². The lowest BCUT2D eigenvalue weighted by Gasteiger charge is -2.28. The van der Waals surface area contributed by atoms with E-state index in [2.05, 4.69) is 19.2 Å². The summed E-state index contributed by atoms with van der Waals surface area (Å²) >= 11 is 0. The number of Topliss-reactive ketones (excluding diaryl/α,β-unsaturated/α-hetero) is 1. The molecule has 0 unspecified atom stereocenters. The van der Waals surface area contributed by atoms with E-state index in [9.17, 15) is 14.7 Å². The summed E-state index contributed by atoms with van der Waals surface area (Å²) in [5.74, 6) is 2.27. The zero-order valence-corrected chi connectivity index (χ0v) is 27.2. The van der Waals surface area contributed by atoms with Crippen LogP contribution in [0.1, 0.15) is 67.4 Å². The Morgan fingerprint density at radius 3 is 2.15 bits per heavy atom. The minimum atomic E-state index is -0.833. The highest BCUT2D eigenvalue weighted by molar-refractivity contribution is 5.96. The van der Waals surface area contributed by atoms with Gasteiger partial charge in [0.2, 0.25) is 5.91 Å². The van der Waals surface area contributed by atoms with Crippen molar-refractivity contribution in [1.29, 1.82) is 0 Å². The lowest BCUT2D eigenvalue weighted by atomic mass is 9.85. The van der Waals surface area contributed by atoms with Crippen molar-refractivity contribution >= 4 is 11.7 Å². The highest BCUT2D eigenvalue weighted by Crippen LogP contribution is 2.27. The molecule has 4 aromatic rings. The number of carbonyl (C=O) groups excluding carboxylic acids is 2. The van der Waals surface area contributed by atoms with Crippen LogP contribution in [0.25, 0.3) is 0 Å². The number of benzene rings is 4. The topological polar surface area (TPSA) is 84.9 Å². The van der Waals surface area contributed by atoms with Crippen molar-refractivity contribution < 1.29 is 24.2 Å². The Bertz CT molecular complexity index is 1490. The number of carbonyl (C=O) groups is 2. The molecular formula is C40H47NO5. The fourth-order valence-corrected chi connectivity index (χ4v) is 5.44. The number of hydrogen-bond acceptors (Lipinski definition) is 5. The average Bonchev–Trinajstić information content (AvgIpc) is 3.05. The first-order chi connectivity index (χ1) is 22.2. The van der Waals surface area contributed by atoms with E-state index in [1.54, 1.807) is 6.07 Å². The van der Waals surface area contributed by atoms with Gasteiger partial charge in [-0.05, 0) is 80.0 Å². The second-order valence-corrected chi connectivity index (χ2v) is 12.5. The van der Waals surface area contributed by atoms with Crippen LogP contribution in [-0.2, 0) is 11.2 Å². The molecule has 0 spiro atoms. The number of ether oxygens (including phenoxy) is 2. The van der Waals surface area contributed by atoms with Crippen molar-refractivity contribution in [2.75, 3.05) is 6.61 Å². The summed E-state index contributed by atoms with van der Waals surface area (Å²) in [4.78, 5) is 26.6. The number of amides is 1. The summed E-state index contributed by atoms with van der Waals surface area (Å²) < 4.78 is 11.7. The molecule has 4 rings (SSSR count). The van der Waals surface area contributed by atoms with E-state index in [-0.39, 0.29) is 30.6 Å². The number of aliphatic hydroxyl groups is 1. The lowest BCUT2D eigenvalue weighted by Crippen LogP contribution is -2.46.